The average Bonchev–Trinajstić information content (AvgIpc) is 2.58. The van der Waals surface area contributed by atoms with Gasteiger partial charge in [0.1, 0.15) is 0 Å². The highest BCUT2D eigenvalue weighted by Gasteiger charge is 2.39. The van der Waals surface area contributed by atoms with E-state index in [-0.39, 0.29) is 11.0 Å². The molecule has 0 aromatic carbocycles. The maximum atomic E-state index is 5.37. The molecule has 0 aromatic heterocycles. The largest absolute Gasteiger partial charge is 0.286 e. The zero-order chi connectivity index (χ0) is 20.2. The van der Waals surface area contributed by atoms with Gasteiger partial charge in [-0.25, -0.2) is 0 Å². The molecule has 0 N–H and O–H groups in total. The summed E-state index contributed by atoms with van der Waals surface area (Å²) < 4.78 is 0. The second kappa shape index (κ2) is 11.5. The molecule has 0 aliphatic rings. The third kappa shape index (κ3) is 7.04. The minimum Gasteiger partial charge on any atom is -0.286 e. The van der Waals surface area contributed by atoms with Crippen LogP contribution in [0.5, 0.6) is 0 Å². The summed E-state index contributed by atoms with van der Waals surface area (Å²) in [6.45, 7) is 17.5. The normalized spacial score (nSPS) is 15.4. The van der Waals surface area contributed by atoms with E-state index in [1.165, 1.54) is 11.1 Å². The lowest BCUT2D eigenvalue weighted by Crippen LogP contribution is -2.39. The van der Waals surface area contributed by atoms with E-state index >= 15 is 0 Å². The van der Waals surface area contributed by atoms with Crippen molar-refractivity contribution in [2.75, 3.05) is 0 Å². The molecule has 0 aliphatic carbocycles. The summed E-state index contributed by atoms with van der Waals surface area (Å²) in [5.41, 5.74) is 3.42. The van der Waals surface area contributed by atoms with Crippen LogP contribution < -0.4 is 0 Å². The van der Waals surface area contributed by atoms with Crippen LogP contribution in [0.15, 0.2) is 64.2 Å². The van der Waals surface area contributed by atoms with E-state index in [1.807, 2.05) is 31.4 Å². The first-order valence-electron chi connectivity index (χ1n) is 9.55. The van der Waals surface area contributed by atoms with Crippen molar-refractivity contribution in [1.82, 2.24) is 0 Å². The van der Waals surface area contributed by atoms with Gasteiger partial charge in [0.15, 0.2) is 0 Å². The monoisotopic (exact) mass is 351 g/mol. The predicted octanol–water partition coefficient (Wildman–Crippen LogP) is 7.25. The Balaban J connectivity index is 5.85. The summed E-state index contributed by atoms with van der Waals surface area (Å²) in [6.07, 6.45) is 23.6. The Kier molecular flexibility index (Phi) is 10.6. The molecule has 1 nitrogen and oxygen atoms in total. The molecule has 0 atom stereocenters. The number of aliphatic imine (C=N–C) groups is 1. The van der Waals surface area contributed by atoms with Gasteiger partial charge in [0.2, 0.25) is 0 Å². The molecule has 0 rings (SSSR count). The van der Waals surface area contributed by atoms with E-state index in [4.69, 9.17) is 11.4 Å². The second-order valence-electron chi connectivity index (χ2n) is 7.45. The highest BCUT2D eigenvalue weighted by Crippen LogP contribution is 2.43. The molecule has 0 heterocycles. The minimum absolute atomic E-state index is 0.0916. The zero-order valence-electron chi connectivity index (χ0n) is 18.1. The van der Waals surface area contributed by atoms with E-state index in [9.17, 15) is 0 Å². The summed E-state index contributed by atoms with van der Waals surface area (Å²) in [4.78, 5) is 4.99. The SMILES string of the molecule is C#C/C=C\C(C)=C(/CC)C(C)(C)C(C)(C)N=CC(/C=C\C=C/C)=C/CC. The zero-order valence-corrected chi connectivity index (χ0v) is 18.1. The Labute approximate surface area is 162 Å². The molecule has 0 unspecified atom stereocenters. The van der Waals surface area contributed by atoms with Crippen LogP contribution in [0, 0.1) is 17.8 Å². The molecule has 142 valence electrons. The van der Waals surface area contributed by atoms with E-state index in [1.54, 1.807) is 6.08 Å². The number of hydrogen-bond acceptors (Lipinski definition) is 1. The van der Waals surface area contributed by atoms with E-state index in [2.05, 4.69) is 72.6 Å². The van der Waals surface area contributed by atoms with Crippen LogP contribution in [0.3, 0.4) is 0 Å². The number of hydrogen-bond donors (Lipinski definition) is 0. The van der Waals surface area contributed by atoms with E-state index in [0.29, 0.717) is 0 Å². The van der Waals surface area contributed by atoms with Gasteiger partial charge in [-0.1, -0.05) is 81.2 Å². The van der Waals surface area contributed by atoms with Crippen molar-refractivity contribution < 1.29 is 0 Å². The molecule has 0 aliphatic heterocycles. The summed E-state index contributed by atoms with van der Waals surface area (Å²) in [7, 11) is 0. The van der Waals surface area contributed by atoms with Crippen molar-refractivity contribution in [2.45, 2.75) is 73.8 Å². The highest BCUT2D eigenvalue weighted by atomic mass is 14.9. The van der Waals surface area contributed by atoms with Crippen molar-refractivity contribution in [2.24, 2.45) is 10.4 Å². The first-order valence-corrected chi connectivity index (χ1v) is 9.55. The van der Waals surface area contributed by atoms with Crippen LogP contribution in [0.4, 0.5) is 0 Å². The molecular formula is C25H37N. The highest BCUT2D eigenvalue weighted by molar-refractivity contribution is 5.82. The average molecular weight is 352 g/mol. The Morgan fingerprint density at radius 2 is 1.73 bits per heavy atom. The summed E-state index contributed by atoms with van der Waals surface area (Å²) in [5, 5.41) is 0. The third-order valence-electron chi connectivity index (χ3n) is 5.11. The van der Waals surface area contributed by atoms with Gasteiger partial charge in [0.05, 0.1) is 5.54 Å². The maximum Gasteiger partial charge on any atom is 0.0640 e. The lowest BCUT2D eigenvalue weighted by molar-refractivity contribution is 0.250. The van der Waals surface area contributed by atoms with Crippen LogP contribution >= 0.6 is 0 Å². The standard InChI is InChI=1S/C25H37N/c1-10-14-16-19-22(17-12-3)20-26-25(8,9)24(6,7)23(13-4)21(5)18-15-11-2/h2,10,14-20H,12-13H2,1,3-9H3/b14-10-,18-15-,19-16-,22-17+,23-21+,26-20?. The number of nitrogens with zero attached hydrogens (tertiary/aromatic N) is 1. The van der Waals surface area contributed by atoms with Crippen molar-refractivity contribution in [3.63, 3.8) is 0 Å². The van der Waals surface area contributed by atoms with Crippen LogP contribution in [-0.4, -0.2) is 11.8 Å². The van der Waals surface area contributed by atoms with Crippen LogP contribution in [0.25, 0.3) is 0 Å². The minimum atomic E-state index is -0.245. The molecule has 0 radical (unpaired) electrons. The first kappa shape index (κ1) is 23.9. The van der Waals surface area contributed by atoms with Gasteiger partial charge in [0, 0.05) is 11.6 Å². The van der Waals surface area contributed by atoms with Gasteiger partial charge in [-0.3, -0.25) is 4.99 Å². The quantitative estimate of drug-likeness (QED) is 0.236. The van der Waals surface area contributed by atoms with E-state index in [0.717, 1.165) is 18.4 Å². The fourth-order valence-corrected chi connectivity index (χ4v) is 2.93. The van der Waals surface area contributed by atoms with Gasteiger partial charge in [0.25, 0.3) is 0 Å². The predicted molar refractivity (Wildman–Crippen MR) is 120 cm³/mol. The van der Waals surface area contributed by atoms with Gasteiger partial charge < -0.3 is 0 Å². The Morgan fingerprint density at radius 1 is 1.08 bits per heavy atom. The molecule has 26 heavy (non-hydrogen) atoms. The van der Waals surface area contributed by atoms with Crippen molar-refractivity contribution >= 4 is 6.21 Å². The molecule has 0 bridgehead atoms. The lowest BCUT2D eigenvalue weighted by Gasteiger charge is -2.41. The van der Waals surface area contributed by atoms with Gasteiger partial charge in [-0.2, -0.15) is 0 Å². The molecule has 0 amide bonds. The van der Waals surface area contributed by atoms with Crippen LogP contribution in [0.2, 0.25) is 0 Å². The van der Waals surface area contributed by atoms with Crippen LogP contribution in [-0.2, 0) is 0 Å². The summed E-state index contributed by atoms with van der Waals surface area (Å²) in [5.74, 6) is 2.58. The second-order valence-corrected chi connectivity index (χ2v) is 7.45. The van der Waals surface area contributed by atoms with E-state index < -0.39 is 0 Å². The smallest absolute Gasteiger partial charge is 0.0640 e. The maximum absolute atomic E-state index is 5.37. The molecular weight excluding hydrogens is 314 g/mol. The van der Waals surface area contributed by atoms with Gasteiger partial charge in [-0.05, 0) is 52.2 Å². The number of terminal acetylenes is 1. The number of allylic oxidation sites excluding steroid dienone is 9. The number of rotatable bonds is 9. The third-order valence-corrected chi connectivity index (χ3v) is 5.11. The fraction of sp³-hybridized carbons (Fsp3) is 0.480. The van der Waals surface area contributed by atoms with Crippen molar-refractivity contribution in [1.29, 1.82) is 0 Å². The molecule has 0 spiro atoms. The van der Waals surface area contributed by atoms with Gasteiger partial charge in [-0.15, -0.1) is 6.42 Å². The first-order chi connectivity index (χ1) is 12.2. The van der Waals surface area contributed by atoms with Crippen LogP contribution in [0.1, 0.15) is 68.2 Å². The molecule has 0 saturated heterocycles. The molecule has 1 heteroatoms. The van der Waals surface area contributed by atoms with Crippen molar-refractivity contribution in [3.05, 3.63) is 59.3 Å². The topological polar surface area (TPSA) is 12.4 Å². The fourth-order valence-electron chi connectivity index (χ4n) is 2.93. The van der Waals surface area contributed by atoms with Gasteiger partial charge >= 0.3 is 0 Å². The Morgan fingerprint density at radius 3 is 2.23 bits per heavy atom. The lowest BCUT2D eigenvalue weighted by atomic mass is 9.67. The van der Waals surface area contributed by atoms with Crippen molar-refractivity contribution in [3.8, 4) is 12.3 Å². The Hall–Kier alpha value is -2.07. The Bertz CT molecular complexity index is 653. The molecule has 0 aromatic rings. The molecule has 0 saturated carbocycles. The summed E-state index contributed by atoms with van der Waals surface area (Å²) in [6, 6.07) is 0. The summed E-state index contributed by atoms with van der Waals surface area (Å²) >= 11 is 0. The molecule has 0 fully saturated rings.